The number of hydrogen-bond acceptors (Lipinski definition) is 3. The van der Waals surface area contributed by atoms with Gasteiger partial charge in [0.15, 0.2) is 0 Å². The van der Waals surface area contributed by atoms with Crippen molar-refractivity contribution < 1.29 is 53.7 Å². The van der Waals surface area contributed by atoms with E-state index >= 15 is 4.39 Å². The molecule has 206 valence electrons. The van der Waals surface area contributed by atoms with Crippen molar-refractivity contribution in [1.82, 2.24) is 0 Å². The minimum atomic E-state index is -5.85. The molecule has 39 heavy (non-hydrogen) atoms. The highest BCUT2D eigenvalue weighted by Gasteiger charge is 2.49. The first-order valence-electron chi connectivity index (χ1n) is 11.2. The molecule has 4 aromatic rings. The zero-order chi connectivity index (χ0) is 28.5. The van der Waals surface area contributed by atoms with Gasteiger partial charge in [-0.3, -0.25) is 0 Å². The predicted octanol–water partition coefficient (Wildman–Crippen LogP) is 8.63. The fraction of sp³-hybridized carbons (Fsp3) is 0.185. The molecule has 0 spiro atoms. The molecule has 0 aliphatic carbocycles. The van der Waals surface area contributed by atoms with Crippen molar-refractivity contribution in [3.63, 3.8) is 0 Å². The van der Waals surface area contributed by atoms with Crippen molar-refractivity contribution in [2.75, 3.05) is 6.61 Å². The van der Waals surface area contributed by atoms with E-state index in [0.29, 0.717) is 23.3 Å². The first-order chi connectivity index (χ1) is 18.3. The second-order valence-electron chi connectivity index (χ2n) is 8.18. The Morgan fingerprint density at radius 1 is 0.692 bits per heavy atom. The van der Waals surface area contributed by atoms with E-state index in [1.807, 2.05) is 0 Å². The summed E-state index contributed by atoms with van der Waals surface area (Å²) in [5.41, 5.74) is -1.99. The highest BCUT2D eigenvalue weighted by atomic mass is 19.4. The SMILES string of the molecule is CCOc1ccc2c(F)c(-c3ccc(COc4cc(F)c(C(F)(F)OC(F)(F)F)c(F)c4)cc3)c(F)cc2c1. The van der Waals surface area contributed by atoms with Gasteiger partial charge in [-0.25, -0.2) is 22.3 Å². The van der Waals surface area contributed by atoms with Gasteiger partial charge in [0.2, 0.25) is 0 Å². The zero-order valence-electron chi connectivity index (χ0n) is 19.8. The predicted molar refractivity (Wildman–Crippen MR) is 122 cm³/mol. The van der Waals surface area contributed by atoms with Gasteiger partial charge >= 0.3 is 12.5 Å². The lowest BCUT2D eigenvalue weighted by Gasteiger charge is -2.20. The summed E-state index contributed by atoms with van der Waals surface area (Å²) >= 11 is 0. The van der Waals surface area contributed by atoms with Crippen molar-refractivity contribution in [1.29, 1.82) is 0 Å². The molecular weight excluding hydrogens is 543 g/mol. The molecule has 0 unspecified atom stereocenters. The van der Waals surface area contributed by atoms with E-state index < -0.39 is 47.1 Å². The van der Waals surface area contributed by atoms with Gasteiger partial charge in [0.05, 0.1) is 12.2 Å². The van der Waals surface area contributed by atoms with Crippen LogP contribution < -0.4 is 9.47 Å². The number of ether oxygens (including phenoxy) is 3. The molecule has 0 aromatic heterocycles. The van der Waals surface area contributed by atoms with Gasteiger partial charge in [-0.2, -0.15) is 8.78 Å². The van der Waals surface area contributed by atoms with E-state index in [-0.39, 0.29) is 35.3 Å². The van der Waals surface area contributed by atoms with Gasteiger partial charge in [-0.1, -0.05) is 24.3 Å². The zero-order valence-corrected chi connectivity index (χ0v) is 19.8. The smallest absolute Gasteiger partial charge is 0.494 e. The van der Waals surface area contributed by atoms with Crippen LogP contribution in [0.25, 0.3) is 21.9 Å². The van der Waals surface area contributed by atoms with Gasteiger partial charge < -0.3 is 9.47 Å². The molecule has 4 aromatic carbocycles. The molecule has 0 radical (unpaired) electrons. The Balaban J connectivity index is 1.52. The normalized spacial score (nSPS) is 12.2. The van der Waals surface area contributed by atoms with Crippen molar-refractivity contribution in [3.05, 3.63) is 95.1 Å². The Bertz CT molecular complexity index is 1480. The lowest BCUT2D eigenvalue weighted by Crippen LogP contribution is -2.29. The molecule has 0 amide bonds. The maximum absolute atomic E-state index is 15.2. The maximum Gasteiger partial charge on any atom is 0.527 e. The minimum absolute atomic E-state index is 0.168. The van der Waals surface area contributed by atoms with Crippen LogP contribution >= 0.6 is 0 Å². The van der Waals surface area contributed by atoms with Crippen molar-refractivity contribution in [3.8, 4) is 22.6 Å². The van der Waals surface area contributed by atoms with Crippen molar-refractivity contribution in [2.45, 2.75) is 26.0 Å². The quantitative estimate of drug-likeness (QED) is 0.202. The Morgan fingerprint density at radius 2 is 1.33 bits per heavy atom. The summed E-state index contributed by atoms with van der Waals surface area (Å²) in [4.78, 5) is 0. The minimum Gasteiger partial charge on any atom is -0.494 e. The van der Waals surface area contributed by atoms with Crippen LogP contribution in [0.5, 0.6) is 11.5 Å². The molecule has 3 nitrogen and oxygen atoms in total. The third-order valence-electron chi connectivity index (χ3n) is 5.51. The van der Waals surface area contributed by atoms with E-state index in [4.69, 9.17) is 9.47 Å². The van der Waals surface area contributed by atoms with Crippen LogP contribution in [0.4, 0.5) is 39.5 Å². The van der Waals surface area contributed by atoms with Crippen LogP contribution in [0.3, 0.4) is 0 Å². The van der Waals surface area contributed by atoms with Gasteiger partial charge in [-0.15, -0.1) is 13.2 Å². The average molecular weight is 560 g/mol. The Morgan fingerprint density at radius 3 is 1.92 bits per heavy atom. The summed E-state index contributed by atoms with van der Waals surface area (Å²) < 4.78 is 135. The molecule has 0 saturated heterocycles. The third kappa shape index (κ3) is 6.22. The topological polar surface area (TPSA) is 27.7 Å². The van der Waals surface area contributed by atoms with Crippen molar-refractivity contribution >= 4 is 10.8 Å². The van der Waals surface area contributed by atoms with E-state index in [0.717, 1.165) is 0 Å². The first kappa shape index (κ1) is 28.1. The second kappa shape index (κ2) is 10.7. The van der Waals surface area contributed by atoms with E-state index in [1.54, 1.807) is 13.0 Å². The molecule has 0 aliphatic rings. The van der Waals surface area contributed by atoms with Crippen LogP contribution in [0, 0.1) is 23.3 Å². The lowest BCUT2D eigenvalue weighted by molar-refractivity contribution is -0.432. The molecule has 0 heterocycles. The molecule has 0 fully saturated rings. The van der Waals surface area contributed by atoms with Crippen LogP contribution in [0.15, 0.2) is 60.7 Å². The average Bonchev–Trinajstić information content (AvgIpc) is 2.81. The van der Waals surface area contributed by atoms with Gasteiger partial charge in [-0.05, 0) is 47.7 Å². The molecular formula is C27H17F9O3. The fourth-order valence-corrected chi connectivity index (χ4v) is 3.87. The standard InChI is InChI=1S/C27H17F9O3/c1-2-37-17-7-8-19-16(9-17)10-20(28)23(25(19)31)15-5-3-14(4-6-15)13-38-18-11-21(29)24(22(30)12-18)26(32,33)39-27(34,35)36/h3-12H,2,13H2,1H3. The summed E-state index contributed by atoms with van der Waals surface area (Å²) in [6.07, 6.45) is -11.2. The summed E-state index contributed by atoms with van der Waals surface area (Å²) in [5.74, 6) is -5.81. The van der Waals surface area contributed by atoms with Crippen molar-refractivity contribution in [2.24, 2.45) is 0 Å². The molecule has 0 bridgehead atoms. The Kier molecular flexibility index (Phi) is 7.69. The molecule has 12 heteroatoms. The van der Waals surface area contributed by atoms with Crippen LogP contribution in [0.2, 0.25) is 0 Å². The summed E-state index contributed by atoms with van der Waals surface area (Å²) in [6, 6.07) is 11.8. The third-order valence-corrected chi connectivity index (χ3v) is 5.51. The monoisotopic (exact) mass is 560 g/mol. The second-order valence-corrected chi connectivity index (χ2v) is 8.18. The molecule has 4 rings (SSSR count). The Hall–Kier alpha value is -3.93. The molecule has 0 aliphatic heterocycles. The number of rotatable bonds is 8. The number of alkyl halides is 5. The highest BCUT2D eigenvalue weighted by Crippen LogP contribution is 2.40. The maximum atomic E-state index is 15.2. The van der Waals surface area contributed by atoms with E-state index in [2.05, 4.69) is 4.74 Å². The van der Waals surface area contributed by atoms with Crippen LogP contribution in [-0.2, 0) is 17.5 Å². The van der Waals surface area contributed by atoms with Crippen LogP contribution in [-0.4, -0.2) is 13.0 Å². The first-order valence-corrected chi connectivity index (χ1v) is 11.2. The lowest BCUT2D eigenvalue weighted by atomic mass is 9.98. The molecule has 0 saturated carbocycles. The Labute approximate surface area is 215 Å². The van der Waals surface area contributed by atoms with Gasteiger partial charge in [0.1, 0.15) is 46.9 Å². The number of benzene rings is 4. The fourth-order valence-electron chi connectivity index (χ4n) is 3.87. The highest BCUT2D eigenvalue weighted by molar-refractivity contribution is 5.89. The van der Waals surface area contributed by atoms with Crippen LogP contribution in [0.1, 0.15) is 18.1 Å². The number of fused-ring (bicyclic) bond motifs is 1. The number of halogens is 9. The van der Waals surface area contributed by atoms with Gasteiger partial charge in [0.25, 0.3) is 0 Å². The van der Waals surface area contributed by atoms with E-state index in [1.165, 1.54) is 42.5 Å². The largest absolute Gasteiger partial charge is 0.527 e. The summed E-state index contributed by atoms with van der Waals surface area (Å²) in [5, 5.41) is 0.471. The molecule has 0 atom stereocenters. The van der Waals surface area contributed by atoms with E-state index in [9.17, 15) is 35.1 Å². The summed E-state index contributed by atoms with van der Waals surface area (Å²) in [7, 11) is 0. The number of hydrogen-bond donors (Lipinski definition) is 0. The molecule has 0 N–H and O–H groups in total. The van der Waals surface area contributed by atoms with Gasteiger partial charge in [0, 0.05) is 17.5 Å². The summed E-state index contributed by atoms with van der Waals surface area (Å²) in [6.45, 7) is 1.79.